The van der Waals surface area contributed by atoms with Crippen molar-refractivity contribution in [1.29, 1.82) is 0 Å². The molecule has 0 radical (unpaired) electrons. The maximum Gasteiger partial charge on any atom is 0.223 e. The minimum absolute atomic E-state index is 0.122. The second kappa shape index (κ2) is 6.46. The monoisotopic (exact) mass is 358 g/mol. The third-order valence-electron chi connectivity index (χ3n) is 4.60. The van der Waals surface area contributed by atoms with Gasteiger partial charge in [-0.2, -0.15) is 0 Å². The van der Waals surface area contributed by atoms with Crippen LogP contribution in [0.15, 0.2) is 6.20 Å². The molecule has 7 nitrogen and oxygen atoms in total. The topological polar surface area (TPSA) is 82.6 Å². The molecule has 0 bridgehead atoms. The summed E-state index contributed by atoms with van der Waals surface area (Å²) < 4.78 is 26.1. The lowest BCUT2D eigenvalue weighted by Crippen LogP contribution is -2.29. The number of nitrogens with one attached hydrogen (secondary N) is 1. The molecule has 0 aliphatic carbocycles. The van der Waals surface area contributed by atoms with E-state index >= 15 is 0 Å². The van der Waals surface area contributed by atoms with Crippen molar-refractivity contribution in [3.05, 3.63) is 11.1 Å². The molecule has 2 unspecified atom stereocenters. The minimum atomic E-state index is -3.11. The van der Waals surface area contributed by atoms with E-state index in [9.17, 15) is 13.2 Å². The van der Waals surface area contributed by atoms with E-state index in [0.717, 1.165) is 30.9 Å². The van der Waals surface area contributed by atoms with Gasteiger partial charge in [-0.1, -0.05) is 0 Å². The maximum atomic E-state index is 12.3. The van der Waals surface area contributed by atoms with Crippen LogP contribution in [0.5, 0.6) is 0 Å². The third kappa shape index (κ3) is 3.57. The molecule has 2 fully saturated rings. The number of fused-ring (bicyclic) bond motifs is 1. The molecular weight excluding hydrogens is 336 g/mol. The Kier molecular flexibility index (Phi) is 4.73. The molecule has 23 heavy (non-hydrogen) atoms. The number of sulfonamides is 1. The van der Waals surface area contributed by atoms with E-state index in [1.54, 1.807) is 13.2 Å². The first-order chi connectivity index (χ1) is 10.9. The molecular formula is C14H22N4O3S2. The maximum absolute atomic E-state index is 12.3. The number of amides is 1. The summed E-state index contributed by atoms with van der Waals surface area (Å²) in [5, 5.41) is 3.07. The summed E-state index contributed by atoms with van der Waals surface area (Å²) in [4.78, 5) is 18.6. The van der Waals surface area contributed by atoms with E-state index in [-0.39, 0.29) is 17.1 Å². The smallest absolute Gasteiger partial charge is 0.223 e. The highest BCUT2D eigenvalue weighted by molar-refractivity contribution is 7.90. The summed E-state index contributed by atoms with van der Waals surface area (Å²) in [6, 6.07) is 0. The van der Waals surface area contributed by atoms with Gasteiger partial charge in [0.15, 0.2) is 5.13 Å². The van der Waals surface area contributed by atoms with E-state index in [1.807, 2.05) is 0 Å². The average molecular weight is 358 g/mol. The van der Waals surface area contributed by atoms with Crippen LogP contribution < -0.4 is 5.32 Å². The van der Waals surface area contributed by atoms with Crippen LogP contribution in [-0.2, 0) is 21.4 Å². The molecule has 1 N–H and O–H groups in total. The van der Waals surface area contributed by atoms with Gasteiger partial charge >= 0.3 is 0 Å². The summed E-state index contributed by atoms with van der Waals surface area (Å²) in [6.07, 6.45) is 3.38. The highest BCUT2D eigenvalue weighted by Crippen LogP contribution is 2.33. The molecule has 2 aliphatic rings. The number of aromatic nitrogens is 1. The number of hydrogen-bond donors (Lipinski definition) is 1. The van der Waals surface area contributed by atoms with Gasteiger partial charge in [-0.3, -0.25) is 9.69 Å². The summed E-state index contributed by atoms with van der Waals surface area (Å²) in [5.74, 6) is 0.120. The van der Waals surface area contributed by atoms with E-state index < -0.39 is 10.0 Å². The van der Waals surface area contributed by atoms with Crippen LogP contribution in [0.1, 0.15) is 24.6 Å². The zero-order valence-electron chi connectivity index (χ0n) is 13.4. The highest BCUT2D eigenvalue weighted by atomic mass is 32.2. The number of nitrogens with zero attached hydrogens (tertiary/aromatic N) is 3. The Morgan fingerprint density at radius 3 is 2.91 bits per heavy atom. The van der Waals surface area contributed by atoms with Crippen molar-refractivity contribution in [2.24, 2.45) is 5.92 Å². The molecule has 1 amide bonds. The van der Waals surface area contributed by atoms with Crippen LogP contribution in [0.4, 0.5) is 5.13 Å². The first-order valence-electron chi connectivity index (χ1n) is 7.76. The fourth-order valence-corrected chi connectivity index (χ4v) is 6.30. The van der Waals surface area contributed by atoms with Crippen LogP contribution in [0.3, 0.4) is 0 Å². The Hall–Kier alpha value is -1.03. The molecule has 0 spiro atoms. The Morgan fingerprint density at radius 1 is 1.43 bits per heavy atom. The zero-order valence-corrected chi connectivity index (χ0v) is 15.0. The average Bonchev–Trinajstić information content (AvgIpc) is 2.88. The normalized spacial score (nSPS) is 28.3. The van der Waals surface area contributed by atoms with E-state index in [4.69, 9.17) is 0 Å². The fraction of sp³-hybridized carbons (Fsp3) is 0.714. The molecule has 3 heterocycles. The second-order valence-corrected chi connectivity index (χ2v) is 9.66. The molecule has 2 saturated heterocycles. The molecule has 3 rings (SSSR count). The van der Waals surface area contributed by atoms with Gasteiger partial charge in [0.25, 0.3) is 0 Å². The van der Waals surface area contributed by atoms with Crippen LogP contribution in [0.2, 0.25) is 0 Å². The standard InChI is InChI=1S/C14H22N4O3S2/c1-10(19)16-14-15-7-12(22-14)9-18-5-3-11-8-17(2)23(20,21)13(11)4-6-18/h7,11,13H,3-6,8-9H2,1-2H3,(H,15,16,19). The quantitative estimate of drug-likeness (QED) is 0.870. The summed E-state index contributed by atoms with van der Waals surface area (Å²) in [5.41, 5.74) is 0. The number of anilines is 1. The van der Waals surface area contributed by atoms with Crippen molar-refractivity contribution in [2.45, 2.75) is 31.6 Å². The molecule has 0 aromatic carbocycles. The summed E-state index contributed by atoms with van der Waals surface area (Å²) in [7, 11) is -1.42. The number of thiazole rings is 1. The predicted molar refractivity (Wildman–Crippen MR) is 89.8 cm³/mol. The SMILES string of the molecule is CC(=O)Nc1ncc(CN2CCC3CN(C)S(=O)(=O)C3CC2)s1. The number of hydrogen-bond acceptors (Lipinski definition) is 6. The van der Waals surface area contributed by atoms with Gasteiger partial charge in [0.1, 0.15) is 0 Å². The lowest BCUT2D eigenvalue weighted by atomic mass is 10.0. The Balaban J connectivity index is 1.61. The van der Waals surface area contributed by atoms with E-state index in [0.29, 0.717) is 18.1 Å². The molecule has 1 aromatic rings. The largest absolute Gasteiger partial charge is 0.302 e. The second-order valence-electron chi connectivity index (χ2n) is 6.29. The summed E-state index contributed by atoms with van der Waals surface area (Å²) >= 11 is 1.47. The molecule has 9 heteroatoms. The van der Waals surface area contributed by atoms with Crippen LogP contribution in [0.25, 0.3) is 0 Å². The van der Waals surface area contributed by atoms with Gasteiger partial charge < -0.3 is 5.32 Å². The van der Waals surface area contributed by atoms with E-state index in [1.165, 1.54) is 22.6 Å². The lowest BCUT2D eigenvalue weighted by molar-refractivity contribution is -0.114. The van der Waals surface area contributed by atoms with Gasteiger partial charge in [0, 0.05) is 38.1 Å². The predicted octanol–water partition coefficient (Wildman–Crippen LogP) is 0.957. The molecule has 0 saturated carbocycles. The Morgan fingerprint density at radius 2 is 2.17 bits per heavy atom. The third-order valence-corrected chi connectivity index (χ3v) is 7.90. The van der Waals surface area contributed by atoms with Crippen molar-refractivity contribution in [2.75, 3.05) is 32.0 Å². The van der Waals surface area contributed by atoms with Crippen molar-refractivity contribution < 1.29 is 13.2 Å². The van der Waals surface area contributed by atoms with Gasteiger partial charge in [-0.05, 0) is 31.8 Å². The Bertz CT molecular complexity index is 688. The number of carbonyl (C=O) groups excluding carboxylic acids is 1. The highest BCUT2D eigenvalue weighted by Gasteiger charge is 2.45. The minimum Gasteiger partial charge on any atom is -0.302 e. The van der Waals surface area contributed by atoms with Crippen molar-refractivity contribution in [1.82, 2.24) is 14.2 Å². The van der Waals surface area contributed by atoms with Gasteiger partial charge in [0.05, 0.1) is 5.25 Å². The molecule has 128 valence electrons. The molecule has 2 aliphatic heterocycles. The summed E-state index contributed by atoms with van der Waals surface area (Å²) in [6.45, 7) is 4.55. The molecule has 2 atom stereocenters. The van der Waals surface area contributed by atoms with Crippen molar-refractivity contribution in [3.63, 3.8) is 0 Å². The number of likely N-dealkylation sites (tertiary alicyclic amines) is 1. The van der Waals surface area contributed by atoms with Gasteiger partial charge in [-0.25, -0.2) is 17.7 Å². The fourth-order valence-electron chi connectivity index (χ4n) is 3.43. The molecule has 1 aromatic heterocycles. The first kappa shape index (κ1) is 16.8. The first-order valence-corrected chi connectivity index (χ1v) is 10.1. The van der Waals surface area contributed by atoms with Crippen molar-refractivity contribution >= 4 is 32.4 Å². The van der Waals surface area contributed by atoms with Crippen LogP contribution in [0, 0.1) is 5.92 Å². The van der Waals surface area contributed by atoms with Gasteiger partial charge in [0.2, 0.25) is 15.9 Å². The zero-order chi connectivity index (χ0) is 16.6. The lowest BCUT2D eigenvalue weighted by Gasteiger charge is -2.19. The number of rotatable bonds is 3. The van der Waals surface area contributed by atoms with Crippen LogP contribution in [-0.4, -0.2) is 60.4 Å². The number of carbonyl (C=O) groups is 1. The van der Waals surface area contributed by atoms with Crippen LogP contribution >= 0.6 is 11.3 Å². The van der Waals surface area contributed by atoms with Crippen molar-refractivity contribution in [3.8, 4) is 0 Å². The van der Waals surface area contributed by atoms with Gasteiger partial charge in [-0.15, -0.1) is 11.3 Å². The Labute approximate surface area is 140 Å². The van der Waals surface area contributed by atoms with E-state index in [2.05, 4.69) is 15.2 Å².